The van der Waals surface area contributed by atoms with Crippen LogP contribution in [0.1, 0.15) is 13.8 Å². The average molecular weight is 428 g/mol. The van der Waals surface area contributed by atoms with Gasteiger partial charge in [0.2, 0.25) is 0 Å². The number of rotatable bonds is 7. The molecule has 0 radical (unpaired) electrons. The third-order valence-corrected chi connectivity index (χ3v) is 2.66. The van der Waals surface area contributed by atoms with Gasteiger partial charge in [-0.05, 0) is 38.1 Å². The summed E-state index contributed by atoms with van der Waals surface area (Å²) in [4.78, 5) is 4.40. The van der Waals surface area contributed by atoms with Gasteiger partial charge in [0.15, 0.2) is 5.96 Å². The summed E-state index contributed by atoms with van der Waals surface area (Å²) in [5.41, 5.74) is 0. The fraction of sp³-hybridized carbons (Fsp3) is 0.500. The first-order valence-corrected chi connectivity index (χ1v) is 7.08. The maximum Gasteiger partial charge on any atom is 0.191 e. The molecule has 21 heavy (non-hydrogen) atoms. The monoisotopic (exact) mass is 427 g/mol. The van der Waals surface area contributed by atoms with E-state index in [4.69, 9.17) is 21.4 Å². The number of nitrogens with zero attached hydrogens (tertiary/aromatic N) is 1. The van der Waals surface area contributed by atoms with E-state index in [9.17, 15) is 0 Å². The Kier molecular flexibility index (Phi) is 11.5. The minimum atomic E-state index is -0.0549. The van der Waals surface area contributed by atoms with Crippen LogP contribution in [-0.2, 0) is 0 Å². The standard InChI is InChI=1S/C14H22ClN3O2.HI/c1-3-16-14(17-8-9-19)18-10-11(2)20-13-6-4-12(15)5-7-13;/h4-7,11,19H,3,8-10H2,1-2H3,(H2,16,17,18);1H. The zero-order valence-electron chi connectivity index (χ0n) is 12.3. The first-order valence-electron chi connectivity index (χ1n) is 6.71. The second kappa shape index (κ2) is 11.9. The van der Waals surface area contributed by atoms with E-state index in [0.29, 0.717) is 24.1 Å². The van der Waals surface area contributed by atoms with Gasteiger partial charge in [0.1, 0.15) is 11.9 Å². The van der Waals surface area contributed by atoms with Crippen molar-refractivity contribution in [2.75, 3.05) is 26.2 Å². The van der Waals surface area contributed by atoms with Gasteiger partial charge in [0.05, 0.1) is 13.2 Å². The van der Waals surface area contributed by atoms with Crippen LogP contribution in [0, 0.1) is 0 Å². The van der Waals surface area contributed by atoms with Crippen LogP contribution in [0.3, 0.4) is 0 Å². The first kappa shape index (κ1) is 20.3. The molecule has 0 aliphatic heterocycles. The molecule has 1 aromatic rings. The Hall–Kier alpha value is -0.730. The molecule has 0 aromatic heterocycles. The lowest BCUT2D eigenvalue weighted by Gasteiger charge is -2.15. The molecule has 1 atom stereocenters. The predicted octanol–water partition coefficient (Wildman–Crippen LogP) is 2.27. The normalized spacial score (nSPS) is 12.3. The van der Waals surface area contributed by atoms with Crippen molar-refractivity contribution in [1.82, 2.24) is 10.6 Å². The molecule has 3 N–H and O–H groups in total. The van der Waals surface area contributed by atoms with Crippen LogP contribution in [0.2, 0.25) is 5.02 Å². The molecule has 0 bridgehead atoms. The summed E-state index contributed by atoms with van der Waals surface area (Å²) in [7, 11) is 0. The average Bonchev–Trinajstić information content (AvgIpc) is 2.44. The summed E-state index contributed by atoms with van der Waals surface area (Å²) in [6.45, 7) is 5.77. The number of benzene rings is 1. The van der Waals surface area contributed by atoms with Crippen molar-refractivity contribution in [1.29, 1.82) is 0 Å². The molecular formula is C14H23ClIN3O2. The highest BCUT2D eigenvalue weighted by molar-refractivity contribution is 14.0. The molecule has 0 amide bonds. The summed E-state index contributed by atoms with van der Waals surface area (Å²) in [5.74, 6) is 1.44. The quantitative estimate of drug-likeness (QED) is 0.355. The van der Waals surface area contributed by atoms with Gasteiger partial charge in [0, 0.05) is 18.1 Å². The molecule has 7 heteroatoms. The van der Waals surface area contributed by atoms with Gasteiger partial charge in [0.25, 0.3) is 0 Å². The topological polar surface area (TPSA) is 65.9 Å². The van der Waals surface area contributed by atoms with Crippen molar-refractivity contribution in [2.24, 2.45) is 4.99 Å². The van der Waals surface area contributed by atoms with E-state index < -0.39 is 0 Å². The third-order valence-electron chi connectivity index (χ3n) is 2.41. The van der Waals surface area contributed by atoms with Crippen LogP contribution in [-0.4, -0.2) is 43.4 Å². The molecule has 120 valence electrons. The van der Waals surface area contributed by atoms with Crippen molar-refractivity contribution in [3.8, 4) is 5.75 Å². The van der Waals surface area contributed by atoms with E-state index in [0.717, 1.165) is 12.3 Å². The molecule has 0 aliphatic rings. The highest BCUT2D eigenvalue weighted by Crippen LogP contribution is 2.16. The number of hydrogen-bond donors (Lipinski definition) is 3. The van der Waals surface area contributed by atoms with E-state index in [1.807, 2.05) is 26.0 Å². The summed E-state index contributed by atoms with van der Waals surface area (Å²) in [6, 6.07) is 7.25. The minimum Gasteiger partial charge on any atom is -0.489 e. The van der Waals surface area contributed by atoms with Gasteiger partial charge < -0.3 is 20.5 Å². The lowest BCUT2D eigenvalue weighted by Crippen LogP contribution is -2.39. The zero-order chi connectivity index (χ0) is 14.8. The fourth-order valence-electron chi connectivity index (χ4n) is 1.52. The first-order chi connectivity index (χ1) is 9.65. The Morgan fingerprint density at radius 2 is 2.00 bits per heavy atom. The van der Waals surface area contributed by atoms with E-state index in [-0.39, 0.29) is 36.7 Å². The number of ether oxygens (including phenoxy) is 1. The van der Waals surface area contributed by atoms with E-state index in [1.54, 1.807) is 12.1 Å². The van der Waals surface area contributed by atoms with Gasteiger partial charge in [-0.3, -0.25) is 0 Å². The second-order valence-corrected chi connectivity index (χ2v) is 4.69. The van der Waals surface area contributed by atoms with E-state index in [2.05, 4.69) is 15.6 Å². The van der Waals surface area contributed by atoms with E-state index in [1.165, 1.54) is 0 Å². The number of nitrogens with one attached hydrogen (secondary N) is 2. The molecular weight excluding hydrogens is 405 g/mol. The molecule has 0 aliphatic carbocycles. The maximum atomic E-state index is 8.80. The summed E-state index contributed by atoms with van der Waals surface area (Å²) >= 11 is 5.82. The minimum absolute atomic E-state index is 0. The van der Waals surface area contributed by atoms with Gasteiger partial charge in [-0.25, -0.2) is 4.99 Å². The SMILES string of the molecule is CCNC(=NCC(C)Oc1ccc(Cl)cc1)NCCO.I. The number of aliphatic imine (C=N–C) groups is 1. The highest BCUT2D eigenvalue weighted by atomic mass is 127. The van der Waals surface area contributed by atoms with Gasteiger partial charge in [-0.1, -0.05) is 11.6 Å². The Bertz CT molecular complexity index is 415. The van der Waals surface area contributed by atoms with Crippen LogP contribution in [0.25, 0.3) is 0 Å². The second-order valence-electron chi connectivity index (χ2n) is 4.25. The molecule has 5 nitrogen and oxygen atoms in total. The lowest BCUT2D eigenvalue weighted by molar-refractivity contribution is 0.230. The molecule has 0 saturated carbocycles. The molecule has 1 aromatic carbocycles. The molecule has 0 spiro atoms. The Morgan fingerprint density at radius 1 is 1.33 bits per heavy atom. The number of aliphatic hydroxyl groups excluding tert-OH is 1. The van der Waals surface area contributed by atoms with Gasteiger partial charge in [-0.15, -0.1) is 24.0 Å². The molecule has 0 fully saturated rings. The van der Waals surface area contributed by atoms with Crippen molar-refractivity contribution < 1.29 is 9.84 Å². The van der Waals surface area contributed by atoms with Crippen molar-refractivity contribution in [3.05, 3.63) is 29.3 Å². The lowest BCUT2D eigenvalue weighted by atomic mass is 10.3. The molecule has 1 unspecified atom stereocenters. The Balaban J connectivity index is 0.00000400. The van der Waals surface area contributed by atoms with Gasteiger partial charge >= 0.3 is 0 Å². The number of hydrogen-bond acceptors (Lipinski definition) is 3. The largest absolute Gasteiger partial charge is 0.489 e. The van der Waals surface area contributed by atoms with Crippen molar-refractivity contribution in [2.45, 2.75) is 20.0 Å². The number of halogens is 2. The van der Waals surface area contributed by atoms with Crippen molar-refractivity contribution in [3.63, 3.8) is 0 Å². The number of aliphatic hydroxyl groups is 1. The van der Waals surface area contributed by atoms with Crippen LogP contribution in [0.15, 0.2) is 29.3 Å². The molecule has 1 rings (SSSR count). The van der Waals surface area contributed by atoms with Crippen LogP contribution >= 0.6 is 35.6 Å². The van der Waals surface area contributed by atoms with Crippen molar-refractivity contribution >= 4 is 41.5 Å². The Labute approximate surface area is 148 Å². The summed E-state index contributed by atoms with van der Waals surface area (Å²) in [6.07, 6.45) is -0.0549. The maximum absolute atomic E-state index is 8.80. The highest BCUT2D eigenvalue weighted by Gasteiger charge is 2.04. The van der Waals surface area contributed by atoms with E-state index >= 15 is 0 Å². The summed E-state index contributed by atoms with van der Waals surface area (Å²) < 4.78 is 5.73. The van der Waals surface area contributed by atoms with Gasteiger partial charge in [-0.2, -0.15) is 0 Å². The predicted molar refractivity (Wildman–Crippen MR) is 98.0 cm³/mol. The molecule has 0 heterocycles. The number of guanidine groups is 1. The van der Waals surface area contributed by atoms with Crippen LogP contribution < -0.4 is 15.4 Å². The summed E-state index contributed by atoms with van der Waals surface area (Å²) in [5, 5.41) is 15.6. The zero-order valence-corrected chi connectivity index (χ0v) is 15.4. The molecule has 0 saturated heterocycles. The van der Waals surface area contributed by atoms with Crippen LogP contribution in [0.4, 0.5) is 0 Å². The third kappa shape index (κ3) is 9.00. The Morgan fingerprint density at radius 3 is 2.57 bits per heavy atom. The fourth-order valence-corrected chi connectivity index (χ4v) is 1.64. The van der Waals surface area contributed by atoms with Crippen LogP contribution in [0.5, 0.6) is 5.75 Å². The smallest absolute Gasteiger partial charge is 0.191 e.